The SMILES string of the molecule is CN(C)c1cccc(-c2nnc(NCc3ccccc3Cl)o2)c1. The van der Waals surface area contributed by atoms with Gasteiger partial charge in [0.1, 0.15) is 0 Å². The van der Waals surface area contributed by atoms with Crippen molar-refractivity contribution in [3.8, 4) is 11.5 Å². The number of nitrogens with zero attached hydrogens (tertiary/aromatic N) is 3. The van der Waals surface area contributed by atoms with Crippen LogP contribution in [0.5, 0.6) is 0 Å². The lowest BCUT2D eigenvalue weighted by atomic mass is 10.2. The first-order valence-electron chi connectivity index (χ1n) is 7.22. The van der Waals surface area contributed by atoms with Crippen LogP contribution in [0.15, 0.2) is 52.9 Å². The Balaban J connectivity index is 1.73. The van der Waals surface area contributed by atoms with Crippen molar-refractivity contribution in [2.24, 2.45) is 0 Å². The van der Waals surface area contributed by atoms with Crippen LogP contribution in [0.25, 0.3) is 11.5 Å². The Morgan fingerprint density at radius 2 is 1.91 bits per heavy atom. The van der Waals surface area contributed by atoms with E-state index in [9.17, 15) is 0 Å². The molecular weight excluding hydrogens is 312 g/mol. The van der Waals surface area contributed by atoms with Gasteiger partial charge in [0, 0.05) is 36.9 Å². The van der Waals surface area contributed by atoms with Gasteiger partial charge >= 0.3 is 6.01 Å². The molecule has 0 aliphatic heterocycles. The molecule has 1 N–H and O–H groups in total. The van der Waals surface area contributed by atoms with Gasteiger partial charge in [0.2, 0.25) is 5.89 Å². The second-order valence-electron chi connectivity index (χ2n) is 5.30. The van der Waals surface area contributed by atoms with E-state index in [2.05, 4.69) is 15.5 Å². The Kier molecular flexibility index (Phi) is 4.48. The van der Waals surface area contributed by atoms with Crippen LogP contribution in [0, 0.1) is 0 Å². The predicted octanol–water partition coefficient (Wildman–Crippen LogP) is 4.07. The fourth-order valence-electron chi connectivity index (χ4n) is 2.14. The number of anilines is 2. The molecule has 23 heavy (non-hydrogen) atoms. The van der Waals surface area contributed by atoms with E-state index < -0.39 is 0 Å². The molecule has 0 bridgehead atoms. The van der Waals surface area contributed by atoms with Crippen molar-refractivity contribution in [2.45, 2.75) is 6.54 Å². The third-order valence-electron chi connectivity index (χ3n) is 3.42. The fourth-order valence-corrected chi connectivity index (χ4v) is 2.34. The van der Waals surface area contributed by atoms with E-state index in [0.29, 0.717) is 23.5 Å². The van der Waals surface area contributed by atoms with Crippen LogP contribution in [0.2, 0.25) is 5.02 Å². The van der Waals surface area contributed by atoms with Crippen LogP contribution in [0.3, 0.4) is 0 Å². The first-order valence-corrected chi connectivity index (χ1v) is 7.60. The Hall–Kier alpha value is -2.53. The highest BCUT2D eigenvalue weighted by Crippen LogP contribution is 2.24. The third kappa shape index (κ3) is 3.63. The van der Waals surface area contributed by atoms with Gasteiger partial charge in [0.05, 0.1) is 0 Å². The average molecular weight is 329 g/mol. The van der Waals surface area contributed by atoms with Gasteiger partial charge in [-0.3, -0.25) is 0 Å². The largest absolute Gasteiger partial charge is 0.403 e. The molecule has 0 unspecified atom stereocenters. The molecule has 0 saturated heterocycles. The van der Waals surface area contributed by atoms with E-state index in [1.54, 1.807) is 0 Å². The lowest BCUT2D eigenvalue weighted by Gasteiger charge is -2.12. The minimum absolute atomic E-state index is 0.371. The van der Waals surface area contributed by atoms with Crippen molar-refractivity contribution in [3.63, 3.8) is 0 Å². The summed E-state index contributed by atoms with van der Waals surface area (Å²) >= 11 is 6.13. The minimum Gasteiger partial charge on any atom is -0.403 e. The zero-order valence-electron chi connectivity index (χ0n) is 13.0. The van der Waals surface area contributed by atoms with Gasteiger partial charge in [0.25, 0.3) is 0 Å². The van der Waals surface area contributed by atoms with Gasteiger partial charge in [-0.15, -0.1) is 5.10 Å². The summed E-state index contributed by atoms with van der Waals surface area (Å²) in [6, 6.07) is 15.9. The molecule has 0 amide bonds. The highest BCUT2D eigenvalue weighted by Gasteiger charge is 2.10. The molecule has 118 valence electrons. The Bertz CT molecular complexity index is 801. The number of hydrogen-bond acceptors (Lipinski definition) is 5. The van der Waals surface area contributed by atoms with E-state index in [4.69, 9.17) is 16.0 Å². The molecule has 0 aliphatic rings. The van der Waals surface area contributed by atoms with Crippen molar-refractivity contribution >= 4 is 23.3 Å². The highest BCUT2D eigenvalue weighted by atomic mass is 35.5. The summed E-state index contributed by atoms with van der Waals surface area (Å²) in [6.45, 7) is 0.527. The van der Waals surface area contributed by atoms with Crippen LogP contribution in [-0.2, 0) is 6.54 Å². The summed E-state index contributed by atoms with van der Waals surface area (Å²) in [4.78, 5) is 2.02. The molecule has 6 heteroatoms. The molecule has 3 aromatic rings. The molecule has 2 aromatic carbocycles. The van der Waals surface area contributed by atoms with Crippen molar-refractivity contribution in [1.29, 1.82) is 0 Å². The number of halogens is 1. The molecule has 0 saturated carbocycles. The maximum atomic E-state index is 6.13. The lowest BCUT2D eigenvalue weighted by Crippen LogP contribution is -2.08. The normalized spacial score (nSPS) is 10.6. The highest BCUT2D eigenvalue weighted by molar-refractivity contribution is 6.31. The summed E-state index contributed by atoms with van der Waals surface area (Å²) in [5.41, 5.74) is 2.93. The standard InChI is InChI=1S/C17H17ClN4O/c1-22(2)14-8-5-7-12(10-14)16-20-21-17(23-16)19-11-13-6-3-4-9-15(13)18/h3-10H,11H2,1-2H3,(H,19,21). The van der Waals surface area contributed by atoms with E-state index in [1.807, 2.05) is 67.5 Å². The van der Waals surface area contributed by atoms with Gasteiger partial charge in [-0.05, 0) is 29.8 Å². The first kappa shape index (κ1) is 15.4. The fraction of sp³-hybridized carbons (Fsp3) is 0.176. The van der Waals surface area contributed by atoms with Crippen molar-refractivity contribution in [3.05, 3.63) is 59.1 Å². The van der Waals surface area contributed by atoms with Crippen LogP contribution in [0.1, 0.15) is 5.56 Å². The number of aromatic nitrogens is 2. The van der Waals surface area contributed by atoms with Crippen molar-refractivity contribution in [2.75, 3.05) is 24.3 Å². The summed E-state index contributed by atoms with van der Waals surface area (Å²) in [7, 11) is 3.98. The Morgan fingerprint density at radius 3 is 2.70 bits per heavy atom. The second-order valence-corrected chi connectivity index (χ2v) is 5.71. The maximum Gasteiger partial charge on any atom is 0.316 e. The quantitative estimate of drug-likeness (QED) is 0.765. The minimum atomic E-state index is 0.371. The van der Waals surface area contributed by atoms with E-state index >= 15 is 0 Å². The number of hydrogen-bond donors (Lipinski definition) is 1. The topological polar surface area (TPSA) is 54.2 Å². The Labute approximate surface area is 139 Å². The molecule has 0 aliphatic carbocycles. The number of nitrogens with one attached hydrogen (secondary N) is 1. The smallest absolute Gasteiger partial charge is 0.316 e. The average Bonchev–Trinajstić information content (AvgIpc) is 3.03. The summed E-state index contributed by atoms with van der Waals surface area (Å²) in [5.74, 6) is 0.482. The second kappa shape index (κ2) is 6.71. The number of rotatable bonds is 5. The van der Waals surface area contributed by atoms with E-state index in [-0.39, 0.29) is 0 Å². The molecule has 0 spiro atoms. The first-order chi connectivity index (χ1) is 11.1. The monoisotopic (exact) mass is 328 g/mol. The van der Waals surface area contributed by atoms with Crippen LogP contribution >= 0.6 is 11.6 Å². The van der Waals surface area contributed by atoms with Crippen molar-refractivity contribution in [1.82, 2.24) is 10.2 Å². The summed E-state index contributed by atoms with van der Waals surface area (Å²) in [6.07, 6.45) is 0. The lowest BCUT2D eigenvalue weighted by molar-refractivity contribution is 0.581. The maximum absolute atomic E-state index is 6.13. The number of benzene rings is 2. The molecule has 1 aromatic heterocycles. The van der Waals surface area contributed by atoms with Gasteiger partial charge in [-0.2, -0.15) is 0 Å². The summed E-state index contributed by atoms with van der Waals surface area (Å²) in [5, 5.41) is 11.9. The van der Waals surface area contributed by atoms with Gasteiger partial charge < -0.3 is 14.6 Å². The predicted molar refractivity (Wildman–Crippen MR) is 92.8 cm³/mol. The van der Waals surface area contributed by atoms with E-state index in [1.165, 1.54) is 0 Å². The molecular formula is C17H17ClN4O. The molecule has 0 atom stereocenters. The molecule has 0 radical (unpaired) electrons. The summed E-state index contributed by atoms with van der Waals surface area (Å²) < 4.78 is 5.67. The molecule has 0 fully saturated rings. The van der Waals surface area contributed by atoms with Crippen molar-refractivity contribution < 1.29 is 4.42 Å². The van der Waals surface area contributed by atoms with E-state index in [0.717, 1.165) is 16.8 Å². The Morgan fingerprint density at radius 1 is 1.09 bits per heavy atom. The van der Waals surface area contributed by atoms with Gasteiger partial charge in [-0.25, -0.2) is 0 Å². The zero-order valence-corrected chi connectivity index (χ0v) is 13.7. The van der Waals surface area contributed by atoms with Crippen LogP contribution < -0.4 is 10.2 Å². The zero-order chi connectivity index (χ0) is 16.2. The third-order valence-corrected chi connectivity index (χ3v) is 3.79. The van der Waals surface area contributed by atoms with Crippen LogP contribution in [-0.4, -0.2) is 24.3 Å². The molecule has 1 heterocycles. The molecule has 5 nitrogen and oxygen atoms in total. The van der Waals surface area contributed by atoms with Gasteiger partial charge in [0.15, 0.2) is 0 Å². The van der Waals surface area contributed by atoms with Gasteiger partial charge in [-0.1, -0.05) is 41.0 Å². The molecule has 3 rings (SSSR count). The van der Waals surface area contributed by atoms with Crippen LogP contribution in [0.4, 0.5) is 11.7 Å².